The van der Waals surface area contributed by atoms with Gasteiger partial charge in [0, 0.05) is 12.6 Å². The fourth-order valence-electron chi connectivity index (χ4n) is 2.04. The Morgan fingerprint density at radius 2 is 1.58 bits per heavy atom. The molecule has 1 nitrogen and oxygen atoms in total. The Morgan fingerprint density at radius 3 is 2.21 bits per heavy atom. The van der Waals surface area contributed by atoms with Gasteiger partial charge in [0.05, 0.1) is 0 Å². The average Bonchev–Trinajstić information content (AvgIpc) is 3.24. The third-order valence-corrected chi connectivity index (χ3v) is 3.38. The second-order valence-corrected chi connectivity index (χ2v) is 4.98. The molecule has 2 aromatic carbocycles. The topological polar surface area (TPSA) is 12.0 Å². The maximum absolute atomic E-state index is 13.2. The first-order chi connectivity index (χ1) is 9.22. The highest BCUT2D eigenvalue weighted by molar-refractivity contribution is 5.63. The van der Waals surface area contributed by atoms with Crippen molar-refractivity contribution in [2.75, 3.05) is 0 Å². The Morgan fingerprint density at radius 1 is 0.895 bits per heavy atom. The van der Waals surface area contributed by atoms with Gasteiger partial charge in [0.1, 0.15) is 0 Å². The second kappa shape index (κ2) is 5.10. The number of rotatable bonds is 4. The molecule has 0 unspecified atom stereocenters. The molecule has 19 heavy (non-hydrogen) atoms. The molecule has 0 radical (unpaired) electrons. The maximum Gasteiger partial charge on any atom is 0.159 e. The molecular formula is C16H15F2N. The summed E-state index contributed by atoms with van der Waals surface area (Å²) in [5.41, 5.74) is 2.80. The molecule has 1 aliphatic rings. The minimum atomic E-state index is -0.811. The van der Waals surface area contributed by atoms with Crippen LogP contribution in [0.2, 0.25) is 0 Å². The summed E-state index contributed by atoms with van der Waals surface area (Å²) >= 11 is 0. The van der Waals surface area contributed by atoms with Crippen LogP contribution in [0.3, 0.4) is 0 Å². The van der Waals surface area contributed by atoms with Crippen molar-refractivity contribution in [1.29, 1.82) is 0 Å². The number of hydrogen-bond acceptors (Lipinski definition) is 1. The van der Waals surface area contributed by atoms with Gasteiger partial charge < -0.3 is 5.32 Å². The molecule has 0 amide bonds. The van der Waals surface area contributed by atoms with E-state index in [1.54, 1.807) is 6.07 Å². The normalized spacial score (nSPS) is 14.6. The van der Waals surface area contributed by atoms with Crippen LogP contribution in [-0.2, 0) is 6.54 Å². The lowest BCUT2D eigenvalue weighted by Gasteiger charge is -2.06. The molecule has 3 rings (SSSR count). The largest absolute Gasteiger partial charge is 0.310 e. The standard InChI is InChI=1S/C16H15F2N/c17-15-8-5-13(9-16(15)18)12-3-1-11(2-4-12)10-19-14-6-7-14/h1-5,8-9,14,19H,6-7,10H2. The van der Waals surface area contributed by atoms with E-state index in [0.29, 0.717) is 11.6 Å². The summed E-state index contributed by atoms with van der Waals surface area (Å²) < 4.78 is 26.1. The van der Waals surface area contributed by atoms with E-state index in [9.17, 15) is 8.78 Å². The molecule has 1 fully saturated rings. The van der Waals surface area contributed by atoms with Crippen molar-refractivity contribution in [3.05, 3.63) is 59.7 Å². The molecule has 0 bridgehead atoms. The molecule has 2 aromatic rings. The van der Waals surface area contributed by atoms with Crippen LogP contribution in [0.1, 0.15) is 18.4 Å². The van der Waals surface area contributed by atoms with Crippen molar-refractivity contribution < 1.29 is 8.78 Å². The summed E-state index contributed by atoms with van der Waals surface area (Å²) in [4.78, 5) is 0. The van der Waals surface area contributed by atoms with Crippen LogP contribution < -0.4 is 5.32 Å². The molecule has 98 valence electrons. The molecule has 1 aliphatic carbocycles. The van der Waals surface area contributed by atoms with Crippen LogP contribution in [0, 0.1) is 11.6 Å². The van der Waals surface area contributed by atoms with Crippen molar-refractivity contribution in [2.24, 2.45) is 0 Å². The Hall–Kier alpha value is -1.74. The molecule has 0 aromatic heterocycles. The number of hydrogen-bond donors (Lipinski definition) is 1. The molecule has 3 heteroatoms. The zero-order valence-corrected chi connectivity index (χ0v) is 10.5. The van der Waals surface area contributed by atoms with Crippen molar-refractivity contribution in [3.63, 3.8) is 0 Å². The van der Waals surface area contributed by atoms with Gasteiger partial charge in [-0.05, 0) is 41.7 Å². The highest BCUT2D eigenvalue weighted by Crippen LogP contribution is 2.23. The molecule has 0 spiro atoms. The quantitative estimate of drug-likeness (QED) is 0.878. The molecule has 1 N–H and O–H groups in total. The van der Waals surface area contributed by atoms with E-state index in [1.165, 1.54) is 24.5 Å². The molecule has 0 atom stereocenters. The fourth-order valence-corrected chi connectivity index (χ4v) is 2.04. The van der Waals surface area contributed by atoms with Crippen LogP contribution in [-0.4, -0.2) is 6.04 Å². The Kier molecular flexibility index (Phi) is 3.30. The van der Waals surface area contributed by atoms with Crippen LogP contribution in [0.5, 0.6) is 0 Å². The highest BCUT2D eigenvalue weighted by atomic mass is 19.2. The van der Waals surface area contributed by atoms with Crippen molar-refractivity contribution in [2.45, 2.75) is 25.4 Å². The van der Waals surface area contributed by atoms with Gasteiger partial charge in [-0.2, -0.15) is 0 Å². The number of nitrogens with one attached hydrogen (secondary N) is 1. The smallest absolute Gasteiger partial charge is 0.159 e. The number of benzene rings is 2. The zero-order chi connectivity index (χ0) is 13.2. The lowest BCUT2D eigenvalue weighted by Crippen LogP contribution is -2.14. The molecule has 1 saturated carbocycles. The van der Waals surface area contributed by atoms with Gasteiger partial charge in [0.25, 0.3) is 0 Å². The van der Waals surface area contributed by atoms with Gasteiger partial charge in [0.2, 0.25) is 0 Å². The minimum Gasteiger partial charge on any atom is -0.310 e. The summed E-state index contributed by atoms with van der Waals surface area (Å²) in [6.07, 6.45) is 2.54. The van der Waals surface area contributed by atoms with E-state index >= 15 is 0 Å². The van der Waals surface area contributed by atoms with Gasteiger partial charge in [-0.15, -0.1) is 0 Å². The van der Waals surface area contributed by atoms with Crippen LogP contribution in [0.4, 0.5) is 8.78 Å². The Balaban J connectivity index is 1.74. The van der Waals surface area contributed by atoms with E-state index in [-0.39, 0.29) is 0 Å². The van der Waals surface area contributed by atoms with Crippen LogP contribution in [0.25, 0.3) is 11.1 Å². The Bertz CT molecular complexity index is 574. The summed E-state index contributed by atoms with van der Waals surface area (Å²) in [7, 11) is 0. The molecular weight excluding hydrogens is 244 g/mol. The summed E-state index contributed by atoms with van der Waals surface area (Å²) in [5.74, 6) is -1.62. The Labute approximate surface area is 111 Å². The second-order valence-electron chi connectivity index (χ2n) is 4.98. The van der Waals surface area contributed by atoms with E-state index in [1.807, 2.05) is 24.3 Å². The highest BCUT2D eigenvalue weighted by Gasteiger charge is 2.19. The monoisotopic (exact) mass is 259 g/mol. The fraction of sp³-hybridized carbons (Fsp3) is 0.250. The summed E-state index contributed by atoms with van der Waals surface area (Å²) in [6, 6.07) is 12.6. The van der Waals surface area contributed by atoms with E-state index in [4.69, 9.17) is 0 Å². The van der Waals surface area contributed by atoms with Crippen molar-refractivity contribution in [3.8, 4) is 11.1 Å². The van der Waals surface area contributed by atoms with Crippen molar-refractivity contribution in [1.82, 2.24) is 5.32 Å². The predicted octanol–water partition coefficient (Wildman–Crippen LogP) is 3.88. The van der Waals surface area contributed by atoms with Crippen LogP contribution >= 0.6 is 0 Å². The first-order valence-corrected chi connectivity index (χ1v) is 6.50. The van der Waals surface area contributed by atoms with Gasteiger partial charge in [-0.1, -0.05) is 30.3 Å². The van der Waals surface area contributed by atoms with Gasteiger partial charge in [-0.3, -0.25) is 0 Å². The zero-order valence-electron chi connectivity index (χ0n) is 10.5. The van der Waals surface area contributed by atoms with E-state index < -0.39 is 11.6 Å². The molecule has 0 saturated heterocycles. The third-order valence-electron chi connectivity index (χ3n) is 3.38. The third kappa shape index (κ3) is 2.99. The molecule has 0 heterocycles. The minimum absolute atomic E-state index is 0.686. The van der Waals surface area contributed by atoms with Gasteiger partial charge in [-0.25, -0.2) is 8.78 Å². The summed E-state index contributed by atoms with van der Waals surface area (Å²) in [5, 5.41) is 3.44. The SMILES string of the molecule is Fc1ccc(-c2ccc(CNC3CC3)cc2)cc1F. The summed E-state index contributed by atoms with van der Waals surface area (Å²) in [6.45, 7) is 0.864. The lowest BCUT2D eigenvalue weighted by molar-refractivity contribution is 0.509. The van der Waals surface area contributed by atoms with E-state index in [2.05, 4.69) is 5.32 Å². The van der Waals surface area contributed by atoms with Crippen molar-refractivity contribution >= 4 is 0 Å². The first-order valence-electron chi connectivity index (χ1n) is 6.50. The maximum atomic E-state index is 13.2. The predicted molar refractivity (Wildman–Crippen MR) is 71.7 cm³/mol. The van der Waals surface area contributed by atoms with Crippen LogP contribution in [0.15, 0.2) is 42.5 Å². The first kappa shape index (κ1) is 12.3. The van der Waals surface area contributed by atoms with E-state index in [0.717, 1.165) is 18.2 Å². The molecule has 0 aliphatic heterocycles. The van der Waals surface area contributed by atoms with Gasteiger partial charge >= 0.3 is 0 Å². The number of halogens is 2. The lowest BCUT2D eigenvalue weighted by atomic mass is 10.0. The average molecular weight is 259 g/mol. The van der Waals surface area contributed by atoms with Gasteiger partial charge in [0.15, 0.2) is 11.6 Å².